The second-order valence-electron chi connectivity index (χ2n) is 6.31. The van der Waals surface area contributed by atoms with Crippen molar-refractivity contribution in [3.63, 3.8) is 0 Å². The zero-order valence-corrected chi connectivity index (χ0v) is 14.5. The van der Waals surface area contributed by atoms with Crippen molar-refractivity contribution >= 4 is 27.5 Å². The molecule has 23 heavy (non-hydrogen) atoms. The molecule has 0 saturated heterocycles. The van der Waals surface area contributed by atoms with Crippen LogP contribution >= 0.6 is 11.3 Å². The van der Waals surface area contributed by atoms with Crippen molar-refractivity contribution in [3.8, 4) is 0 Å². The van der Waals surface area contributed by atoms with Gasteiger partial charge in [0, 0.05) is 23.8 Å². The van der Waals surface area contributed by atoms with Crippen LogP contribution in [0.4, 0.5) is 0 Å². The van der Waals surface area contributed by atoms with Crippen molar-refractivity contribution in [2.45, 2.75) is 64.8 Å². The van der Waals surface area contributed by atoms with Crippen LogP contribution in [0.25, 0.3) is 10.2 Å². The maximum atomic E-state index is 12.3. The monoisotopic (exact) mass is 333 g/mol. The fraction of sp³-hybridized carbons (Fsp3) is 0.588. The minimum absolute atomic E-state index is 0.0161. The molecule has 3 rings (SSSR count). The van der Waals surface area contributed by atoms with Crippen LogP contribution in [0.5, 0.6) is 0 Å². The van der Waals surface area contributed by atoms with Crippen LogP contribution in [-0.2, 0) is 24.1 Å². The number of aromatic amines is 1. The molecule has 6 heteroatoms. The molecule has 0 unspecified atom stereocenters. The lowest BCUT2D eigenvalue weighted by Crippen LogP contribution is -2.32. The number of amides is 1. The zero-order chi connectivity index (χ0) is 16.4. The van der Waals surface area contributed by atoms with Crippen molar-refractivity contribution in [2.75, 3.05) is 0 Å². The van der Waals surface area contributed by atoms with E-state index in [1.165, 1.54) is 10.4 Å². The molecular weight excluding hydrogens is 310 g/mol. The molecule has 2 aromatic rings. The Bertz CT molecular complexity index is 778. The zero-order valence-electron chi connectivity index (χ0n) is 13.7. The van der Waals surface area contributed by atoms with E-state index >= 15 is 0 Å². The fourth-order valence-electron chi connectivity index (χ4n) is 3.25. The molecule has 0 bridgehead atoms. The maximum Gasteiger partial charge on any atom is 0.259 e. The van der Waals surface area contributed by atoms with Crippen LogP contribution in [0.2, 0.25) is 0 Å². The first-order valence-electron chi connectivity index (χ1n) is 8.41. The van der Waals surface area contributed by atoms with E-state index in [0.717, 1.165) is 42.3 Å². The van der Waals surface area contributed by atoms with Gasteiger partial charge >= 0.3 is 0 Å². The van der Waals surface area contributed by atoms with Crippen molar-refractivity contribution < 1.29 is 4.79 Å². The highest BCUT2D eigenvalue weighted by atomic mass is 32.1. The van der Waals surface area contributed by atoms with Gasteiger partial charge in [0.2, 0.25) is 5.91 Å². The number of rotatable bonds is 6. The standard InChI is InChI=1S/C17H23N3O2S/c1-3-5-10(2)18-14(21)9-8-13-19-16(22)15-11-6-4-7-12(11)23-17(15)20-13/h10H,3-9H2,1-2H3,(H,18,21)(H,19,20,22)/t10-/m1/s1. The highest BCUT2D eigenvalue weighted by molar-refractivity contribution is 7.18. The molecule has 2 heterocycles. The van der Waals surface area contributed by atoms with Gasteiger partial charge in [-0.2, -0.15) is 0 Å². The van der Waals surface area contributed by atoms with Crippen LogP contribution in [-0.4, -0.2) is 21.9 Å². The van der Waals surface area contributed by atoms with E-state index in [4.69, 9.17) is 0 Å². The number of nitrogens with zero attached hydrogens (tertiary/aromatic N) is 1. The number of aryl methyl sites for hydroxylation is 3. The quantitative estimate of drug-likeness (QED) is 0.853. The molecular formula is C17H23N3O2S. The Hall–Kier alpha value is -1.69. The lowest BCUT2D eigenvalue weighted by Gasteiger charge is -2.12. The van der Waals surface area contributed by atoms with E-state index in [2.05, 4.69) is 22.2 Å². The predicted octanol–water partition coefficient (Wildman–Crippen LogP) is 2.71. The number of carbonyl (C=O) groups is 1. The Morgan fingerprint density at radius 3 is 3.04 bits per heavy atom. The SMILES string of the molecule is CCC[C@@H](C)NC(=O)CCc1nc2sc3c(c2c(=O)[nH]1)CCC3. The maximum absolute atomic E-state index is 12.3. The molecule has 0 aliphatic heterocycles. The molecule has 0 spiro atoms. The summed E-state index contributed by atoms with van der Waals surface area (Å²) in [5.74, 6) is 0.628. The highest BCUT2D eigenvalue weighted by Crippen LogP contribution is 2.34. The molecule has 0 aromatic carbocycles. The molecule has 1 amide bonds. The van der Waals surface area contributed by atoms with Gasteiger partial charge in [-0.15, -0.1) is 11.3 Å². The Morgan fingerprint density at radius 2 is 2.26 bits per heavy atom. The molecule has 0 radical (unpaired) electrons. The summed E-state index contributed by atoms with van der Waals surface area (Å²) >= 11 is 1.63. The molecule has 1 atom stereocenters. The topological polar surface area (TPSA) is 74.8 Å². The minimum Gasteiger partial charge on any atom is -0.354 e. The average molecular weight is 333 g/mol. The number of carbonyl (C=O) groups excluding carboxylic acids is 1. The van der Waals surface area contributed by atoms with Crippen LogP contribution in [0.3, 0.4) is 0 Å². The first-order valence-corrected chi connectivity index (χ1v) is 9.23. The average Bonchev–Trinajstić information content (AvgIpc) is 3.05. The van der Waals surface area contributed by atoms with Crippen LogP contribution in [0.1, 0.15) is 55.8 Å². The molecule has 2 N–H and O–H groups in total. The van der Waals surface area contributed by atoms with Crippen molar-refractivity contribution in [3.05, 3.63) is 26.6 Å². The first kappa shape index (κ1) is 16.2. The highest BCUT2D eigenvalue weighted by Gasteiger charge is 2.21. The van der Waals surface area contributed by atoms with E-state index in [1.54, 1.807) is 11.3 Å². The molecule has 2 aromatic heterocycles. The summed E-state index contributed by atoms with van der Waals surface area (Å²) in [5, 5.41) is 3.75. The van der Waals surface area contributed by atoms with Gasteiger partial charge in [-0.3, -0.25) is 9.59 Å². The lowest BCUT2D eigenvalue weighted by molar-refractivity contribution is -0.121. The minimum atomic E-state index is -0.0517. The second-order valence-corrected chi connectivity index (χ2v) is 7.39. The molecule has 1 aliphatic rings. The number of thiophene rings is 1. The Kier molecular flexibility index (Phi) is 4.80. The van der Waals surface area contributed by atoms with Gasteiger partial charge in [-0.05, 0) is 38.2 Å². The summed E-state index contributed by atoms with van der Waals surface area (Å²) in [6.07, 6.45) is 6.03. The van der Waals surface area contributed by atoms with Crippen LogP contribution in [0.15, 0.2) is 4.79 Å². The largest absolute Gasteiger partial charge is 0.354 e. The predicted molar refractivity (Wildman–Crippen MR) is 93.1 cm³/mol. The molecule has 1 aliphatic carbocycles. The van der Waals surface area contributed by atoms with Crippen molar-refractivity contribution in [1.29, 1.82) is 0 Å². The summed E-state index contributed by atoms with van der Waals surface area (Å²) in [7, 11) is 0. The number of fused-ring (bicyclic) bond motifs is 3. The fourth-order valence-corrected chi connectivity index (χ4v) is 4.53. The number of nitrogens with one attached hydrogen (secondary N) is 2. The van der Waals surface area contributed by atoms with Crippen LogP contribution in [0, 0.1) is 0 Å². The van der Waals surface area contributed by atoms with E-state index in [9.17, 15) is 9.59 Å². The van der Waals surface area contributed by atoms with Crippen molar-refractivity contribution in [1.82, 2.24) is 15.3 Å². The van der Waals surface area contributed by atoms with Gasteiger partial charge in [-0.1, -0.05) is 13.3 Å². The van der Waals surface area contributed by atoms with Gasteiger partial charge in [0.15, 0.2) is 0 Å². The molecule has 0 fully saturated rings. The van der Waals surface area contributed by atoms with Gasteiger partial charge < -0.3 is 10.3 Å². The van der Waals surface area contributed by atoms with E-state index < -0.39 is 0 Å². The third-order valence-corrected chi connectivity index (χ3v) is 5.53. The number of hydrogen-bond donors (Lipinski definition) is 2. The summed E-state index contributed by atoms with van der Waals surface area (Å²) < 4.78 is 0. The molecule has 0 saturated carbocycles. The summed E-state index contributed by atoms with van der Waals surface area (Å²) in [4.78, 5) is 33.8. The van der Waals surface area contributed by atoms with E-state index in [1.807, 2.05) is 6.92 Å². The Labute approximate surface area is 139 Å². The number of aromatic nitrogens is 2. The third kappa shape index (κ3) is 3.47. The summed E-state index contributed by atoms with van der Waals surface area (Å²) in [6, 6.07) is 0.197. The van der Waals surface area contributed by atoms with Gasteiger partial charge in [0.25, 0.3) is 5.56 Å². The van der Waals surface area contributed by atoms with E-state index in [0.29, 0.717) is 18.7 Å². The normalized spacial score (nSPS) is 14.9. The van der Waals surface area contributed by atoms with Crippen LogP contribution < -0.4 is 10.9 Å². The third-order valence-electron chi connectivity index (χ3n) is 4.34. The number of hydrogen-bond acceptors (Lipinski definition) is 4. The smallest absolute Gasteiger partial charge is 0.259 e. The van der Waals surface area contributed by atoms with Gasteiger partial charge in [0.1, 0.15) is 10.7 Å². The van der Waals surface area contributed by atoms with E-state index in [-0.39, 0.29) is 17.5 Å². The lowest BCUT2D eigenvalue weighted by atomic mass is 10.2. The Balaban J connectivity index is 1.70. The van der Waals surface area contributed by atoms with Gasteiger partial charge in [-0.25, -0.2) is 4.98 Å². The van der Waals surface area contributed by atoms with Gasteiger partial charge in [0.05, 0.1) is 5.39 Å². The van der Waals surface area contributed by atoms with Crippen molar-refractivity contribution in [2.24, 2.45) is 0 Å². The summed E-state index contributed by atoms with van der Waals surface area (Å²) in [5.41, 5.74) is 1.14. The molecule has 124 valence electrons. The first-order chi connectivity index (χ1) is 11.1. The number of H-pyrrole nitrogens is 1. The second kappa shape index (κ2) is 6.83. The molecule has 5 nitrogen and oxygen atoms in total. The Morgan fingerprint density at radius 1 is 1.43 bits per heavy atom. The summed E-state index contributed by atoms with van der Waals surface area (Å²) in [6.45, 7) is 4.12.